The Balaban J connectivity index is 1.48. The van der Waals surface area contributed by atoms with Crippen molar-refractivity contribution in [3.05, 3.63) is 66.0 Å². The molecular formula is C17H16FN3O2S3. The molecule has 0 atom stereocenters. The zero-order valence-corrected chi connectivity index (χ0v) is 16.1. The summed E-state index contributed by atoms with van der Waals surface area (Å²) in [4.78, 5) is 0.333. The normalized spacial score (nSPS) is 11.4. The van der Waals surface area contributed by atoms with Crippen LogP contribution in [0.3, 0.4) is 0 Å². The summed E-state index contributed by atoms with van der Waals surface area (Å²) in [5.74, 6) is 0.178. The molecule has 0 amide bonds. The Morgan fingerprint density at radius 2 is 1.77 bits per heavy atom. The third kappa shape index (κ3) is 5.26. The van der Waals surface area contributed by atoms with E-state index >= 15 is 0 Å². The van der Waals surface area contributed by atoms with Crippen molar-refractivity contribution in [3.63, 3.8) is 0 Å². The van der Waals surface area contributed by atoms with E-state index in [9.17, 15) is 12.8 Å². The molecule has 0 unspecified atom stereocenters. The van der Waals surface area contributed by atoms with Crippen LogP contribution in [0.1, 0.15) is 5.56 Å². The minimum atomic E-state index is -3.28. The van der Waals surface area contributed by atoms with Crippen molar-refractivity contribution in [2.75, 3.05) is 16.8 Å². The number of nitrogens with one attached hydrogen (secondary N) is 1. The molecule has 0 fully saturated rings. The van der Waals surface area contributed by atoms with Crippen molar-refractivity contribution in [1.82, 2.24) is 10.2 Å². The SMILES string of the molecule is O=S(=O)(CCSc1nnc(NCc2ccc(F)cc2)s1)c1ccccc1. The molecule has 3 rings (SSSR count). The van der Waals surface area contributed by atoms with Crippen molar-refractivity contribution < 1.29 is 12.8 Å². The van der Waals surface area contributed by atoms with Gasteiger partial charge in [0, 0.05) is 12.3 Å². The number of halogens is 1. The second-order valence-electron chi connectivity index (χ2n) is 5.33. The van der Waals surface area contributed by atoms with Crippen LogP contribution in [0, 0.1) is 5.82 Å². The Labute approximate surface area is 159 Å². The van der Waals surface area contributed by atoms with Crippen LogP contribution in [0.25, 0.3) is 0 Å². The third-order valence-electron chi connectivity index (χ3n) is 3.44. The van der Waals surface area contributed by atoms with Gasteiger partial charge in [-0.3, -0.25) is 0 Å². The van der Waals surface area contributed by atoms with Gasteiger partial charge in [-0.1, -0.05) is 53.4 Å². The Kier molecular flexibility index (Phi) is 6.23. The Morgan fingerprint density at radius 1 is 1.04 bits per heavy atom. The smallest absolute Gasteiger partial charge is 0.206 e. The molecule has 0 radical (unpaired) electrons. The number of hydrogen-bond donors (Lipinski definition) is 1. The van der Waals surface area contributed by atoms with Crippen LogP contribution in [0.5, 0.6) is 0 Å². The van der Waals surface area contributed by atoms with Crippen molar-refractivity contribution in [3.8, 4) is 0 Å². The van der Waals surface area contributed by atoms with E-state index in [0.29, 0.717) is 26.7 Å². The highest BCUT2D eigenvalue weighted by atomic mass is 32.2. The van der Waals surface area contributed by atoms with Crippen LogP contribution in [-0.4, -0.2) is 30.1 Å². The number of nitrogens with zero attached hydrogens (tertiary/aromatic N) is 2. The summed E-state index contributed by atoms with van der Waals surface area (Å²) in [7, 11) is -3.28. The Morgan fingerprint density at radius 3 is 2.50 bits per heavy atom. The van der Waals surface area contributed by atoms with Crippen LogP contribution in [0.2, 0.25) is 0 Å². The van der Waals surface area contributed by atoms with E-state index in [4.69, 9.17) is 0 Å². The van der Waals surface area contributed by atoms with E-state index in [-0.39, 0.29) is 11.6 Å². The molecule has 1 N–H and O–H groups in total. The average Bonchev–Trinajstić information content (AvgIpc) is 3.10. The maximum atomic E-state index is 12.9. The first-order valence-corrected chi connectivity index (χ1v) is 11.2. The topological polar surface area (TPSA) is 72.0 Å². The van der Waals surface area contributed by atoms with Gasteiger partial charge in [0.2, 0.25) is 5.13 Å². The molecule has 0 saturated carbocycles. The van der Waals surface area contributed by atoms with Gasteiger partial charge >= 0.3 is 0 Å². The summed E-state index contributed by atoms with van der Waals surface area (Å²) in [6.45, 7) is 0.516. The molecule has 5 nitrogen and oxygen atoms in total. The largest absolute Gasteiger partial charge is 0.356 e. The van der Waals surface area contributed by atoms with Gasteiger partial charge in [-0.2, -0.15) is 0 Å². The molecule has 0 aliphatic heterocycles. The van der Waals surface area contributed by atoms with Gasteiger partial charge in [0.1, 0.15) is 5.82 Å². The molecule has 0 bridgehead atoms. The van der Waals surface area contributed by atoms with E-state index < -0.39 is 9.84 Å². The minimum absolute atomic E-state index is 0.0413. The lowest BCUT2D eigenvalue weighted by atomic mass is 10.2. The molecule has 1 aromatic heterocycles. The maximum Gasteiger partial charge on any atom is 0.206 e. The van der Waals surface area contributed by atoms with Crippen molar-refractivity contribution in [2.45, 2.75) is 15.8 Å². The molecule has 3 aromatic rings. The third-order valence-corrected chi connectivity index (χ3v) is 7.45. The Bertz CT molecular complexity index is 945. The second-order valence-corrected chi connectivity index (χ2v) is 9.76. The molecule has 9 heteroatoms. The highest BCUT2D eigenvalue weighted by Gasteiger charge is 2.14. The molecule has 0 saturated heterocycles. The van der Waals surface area contributed by atoms with Gasteiger partial charge in [-0.15, -0.1) is 10.2 Å². The quantitative estimate of drug-likeness (QED) is 0.570. The summed E-state index contributed by atoms with van der Waals surface area (Å²) < 4.78 is 38.0. The lowest BCUT2D eigenvalue weighted by Gasteiger charge is -2.03. The lowest BCUT2D eigenvalue weighted by Crippen LogP contribution is -2.08. The number of sulfone groups is 1. The zero-order valence-electron chi connectivity index (χ0n) is 13.6. The van der Waals surface area contributed by atoms with Crippen LogP contribution in [-0.2, 0) is 16.4 Å². The van der Waals surface area contributed by atoms with E-state index in [1.165, 1.54) is 35.2 Å². The van der Waals surface area contributed by atoms with Gasteiger partial charge < -0.3 is 5.32 Å². The fourth-order valence-electron chi connectivity index (χ4n) is 2.10. The monoisotopic (exact) mass is 409 g/mol. The van der Waals surface area contributed by atoms with E-state index in [1.54, 1.807) is 42.5 Å². The summed E-state index contributed by atoms with van der Waals surface area (Å²) in [5, 5.41) is 11.8. The number of benzene rings is 2. The minimum Gasteiger partial charge on any atom is -0.356 e. The molecule has 26 heavy (non-hydrogen) atoms. The number of thioether (sulfide) groups is 1. The predicted octanol–water partition coefficient (Wildman–Crippen LogP) is 3.86. The van der Waals surface area contributed by atoms with Crippen LogP contribution >= 0.6 is 23.1 Å². The summed E-state index contributed by atoms with van der Waals surface area (Å²) in [6.07, 6.45) is 0. The second kappa shape index (κ2) is 8.61. The predicted molar refractivity (Wildman–Crippen MR) is 103 cm³/mol. The van der Waals surface area contributed by atoms with Crippen molar-refractivity contribution >= 4 is 38.1 Å². The molecule has 0 aliphatic rings. The maximum absolute atomic E-state index is 12.9. The molecular weight excluding hydrogens is 393 g/mol. The van der Waals surface area contributed by atoms with Crippen LogP contribution in [0.4, 0.5) is 9.52 Å². The van der Waals surface area contributed by atoms with Gasteiger partial charge in [-0.05, 0) is 29.8 Å². The van der Waals surface area contributed by atoms with Gasteiger partial charge in [0.05, 0.1) is 10.6 Å². The molecule has 1 heterocycles. The van der Waals surface area contributed by atoms with E-state index in [0.717, 1.165) is 5.56 Å². The lowest BCUT2D eigenvalue weighted by molar-refractivity contribution is 0.597. The molecule has 136 valence electrons. The van der Waals surface area contributed by atoms with E-state index in [2.05, 4.69) is 15.5 Å². The summed E-state index contributed by atoms with van der Waals surface area (Å²) in [5.41, 5.74) is 0.935. The van der Waals surface area contributed by atoms with Gasteiger partial charge in [0.25, 0.3) is 0 Å². The van der Waals surface area contributed by atoms with Gasteiger partial charge in [-0.25, -0.2) is 12.8 Å². The fourth-order valence-corrected chi connectivity index (χ4v) is 5.59. The zero-order chi connectivity index (χ0) is 18.4. The van der Waals surface area contributed by atoms with Crippen LogP contribution < -0.4 is 5.32 Å². The first-order valence-electron chi connectivity index (χ1n) is 7.75. The number of anilines is 1. The first kappa shape index (κ1) is 18.8. The van der Waals surface area contributed by atoms with Crippen molar-refractivity contribution in [2.24, 2.45) is 0 Å². The molecule has 2 aromatic carbocycles. The summed E-state index contributed by atoms with van der Waals surface area (Å²) in [6, 6.07) is 14.6. The fraction of sp³-hybridized carbons (Fsp3) is 0.176. The van der Waals surface area contributed by atoms with Gasteiger partial charge in [0.15, 0.2) is 14.2 Å². The van der Waals surface area contributed by atoms with Crippen LogP contribution in [0.15, 0.2) is 63.8 Å². The standard InChI is InChI=1S/C17H16FN3O2S3/c18-14-8-6-13(7-9-14)12-19-16-20-21-17(25-16)24-10-11-26(22,23)15-4-2-1-3-5-15/h1-9H,10-12H2,(H,19,20). The average molecular weight is 410 g/mol. The van der Waals surface area contributed by atoms with E-state index in [1.807, 2.05) is 0 Å². The number of rotatable bonds is 8. The van der Waals surface area contributed by atoms with Crippen molar-refractivity contribution in [1.29, 1.82) is 0 Å². The molecule has 0 aliphatic carbocycles. The highest BCUT2D eigenvalue weighted by Crippen LogP contribution is 2.26. The number of hydrogen-bond acceptors (Lipinski definition) is 7. The highest BCUT2D eigenvalue weighted by molar-refractivity contribution is 8.02. The molecule has 0 spiro atoms. The Hall–Kier alpha value is -1.97. The number of aromatic nitrogens is 2. The first-order chi connectivity index (χ1) is 12.5. The summed E-state index contributed by atoms with van der Waals surface area (Å²) >= 11 is 2.72.